The Morgan fingerprint density at radius 2 is 1.63 bits per heavy atom. The van der Waals surface area contributed by atoms with Crippen molar-refractivity contribution in [3.8, 4) is 11.5 Å². The first-order valence-corrected chi connectivity index (χ1v) is 14.4. The Kier molecular flexibility index (Phi) is 10.2. The number of rotatable bonds is 13. The molecule has 0 aliphatic carbocycles. The molecule has 0 radical (unpaired) electrons. The molecule has 0 bridgehead atoms. The Balaban J connectivity index is 1.68. The lowest BCUT2D eigenvalue weighted by Gasteiger charge is -2.28. The normalized spacial score (nSPS) is 16.4. The highest BCUT2D eigenvalue weighted by Gasteiger charge is 2.46. The van der Waals surface area contributed by atoms with Crippen LogP contribution in [0.25, 0.3) is 5.76 Å². The van der Waals surface area contributed by atoms with Crippen molar-refractivity contribution < 1.29 is 24.2 Å². The van der Waals surface area contributed by atoms with Gasteiger partial charge in [-0.15, -0.1) is 0 Å². The monoisotopic (exact) mass is 556 g/mol. The van der Waals surface area contributed by atoms with Gasteiger partial charge in [0.05, 0.1) is 18.2 Å². The summed E-state index contributed by atoms with van der Waals surface area (Å²) >= 11 is 0. The molecule has 0 saturated carbocycles. The van der Waals surface area contributed by atoms with Crippen molar-refractivity contribution in [3.63, 3.8) is 0 Å². The lowest BCUT2D eigenvalue weighted by molar-refractivity contribution is -0.140. The van der Waals surface area contributed by atoms with Gasteiger partial charge in [-0.2, -0.15) is 0 Å². The van der Waals surface area contributed by atoms with E-state index in [1.54, 1.807) is 23.1 Å². The molecule has 1 aliphatic rings. The molecule has 3 aromatic carbocycles. The summed E-state index contributed by atoms with van der Waals surface area (Å²) in [5.41, 5.74) is 3.20. The minimum Gasteiger partial charge on any atom is -0.507 e. The van der Waals surface area contributed by atoms with Crippen molar-refractivity contribution in [2.45, 2.75) is 46.8 Å². The van der Waals surface area contributed by atoms with E-state index in [9.17, 15) is 14.7 Å². The number of likely N-dealkylation sites (tertiary alicyclic amines) is 1. The van der Waals surface area contributed by atoms with E-state index in [4.69, 9.17) is 9.47 Å². The maximum absolute atomic E-state index is 13.4. The van der Waals surface area contributed by atoms with Gasteiger partial charge < -0.3 is 24.4 Å². The Morgan fingerprint density at radius 3 is 2.27 bits per heavy atom. The van der Waals surface area contributed by atoms with E-state index < -0.39 is 17.7 Å². The molecule has 0 spiro atoms. The SMILES string of the molecule is CCCOc1ccc(/C(O)=C2\C(=O)C(=O)N(CCN(CC)CC)C2c2ccc(OCc3ccccc3)cc2)cc1C. The third kappa shape index (κ3) is 6.98. The second-order valence-electron chi connectivity index (χ2n) is 10.2. The molecule has 1 atom stereocenters. The van der Waals surface area contributed by atoms with Crippen molar-refractivity contribution in [2.75, 3.05) is 32.8 Å². The van der Waals surface area contributed by atoms with Crippen molar-refractivity contribution >= 4 is 17.4 Å². The van der Waals surface area contributed by atoms with E-state index in [2.05, 4.69) is 18.7 Å². The number of aryl methyl sites for hydroxylation is 1. The van der Waals surface area contributed by atoms with Crippen LogP contribution in [0.5, 0.6) is 11.5 Å². The molecule has 1 saturated heterocycles. The first-order chi connectivity index (χ1) is 19.9. The number of carbonyl (C=O) groups is 2. The summed E-state index contributed by atoms with van der Waals surface area (Å²) in [5, 5.41) is 11.5. The third-order valence-electron chi connectivity index (χ3n) is 7.45. The van der Waals surface area contributed by atoms with Crippen LogP contribution in [-0.2, 0) is 16.2 Å². The van der Waals surface area contributed by atoms with E-state index in [-0.39, 0.29) is 11.3 Å². The van der Waals surface area contributed by atoms with Crippen molar-refractivity contribution in [3.05, 3.63) is 101 Å². The first-order valence-electron chi connectivity index (χ1n) is 14.4. The van der Waals surface area contributed by atoms with Crippen molar-refractivity contribution in [1.82, 2.24) is 9.80 Å². The predicted molar refractivity (Wildman–Crippen MR) is 161 cm³/mol. The first kappa shape index (κ1) is 29.9. The number of aliphatic hydroxyl groups is 1. The molecule has 41 heavy (non-hydrogen) atoms. The Labute approximate surface area is 243 Å². The van der Waals surface area contributed by atoms with E-state index in [0.29, 0.717) is 37.6 Å². The van der Waals surface area contributed by atoms with Gasteiger partial charge in [0, 0.05) is 18.7 Å². The van der Waals surface area contributed by atoms with Gasteiger partial charge >= 0.3 is 0 Å². The lowest BCUT2D eigenvalue weighted by Crippen LogP contribution is -2.38. The molecule has 1 heterocycles. The molecular weight excluding hydrogens is 516 g/mol. The molecule has 216 valence electrons. The molecule has 4 rings (SSSR count). The summed E-state index contributed by atoms with van der Waals surface area (Å²) in [6.45, 7) is 11.8. The number of aliphatic hydroxyl groups excluding tert-OH is 1. The second kappa shape index (κ2) is 14.0. The van der Waals surface area contributed by atoms with Crippen LogP contribution in [0.4, 0.5) is 0 Å². The number of carbonyl (C=O) groups excluding carboxylic acids is 2. The lowest BCUT2D eigenvalue weighted by atomic mass is 9.94. The van der Waals surface area contributed by atoms with E-state index in [0.717, 1.165) is 42.0 Å². The molecule has 1 aliphatic heterocycles. The summed E-state index contributed by atoms with van der Waals surface area (Å²) in [5.74, 6) is -0.0666. The number of ether oxygens (including phenoxy) is 2. The number of amides is 1. The molecule has 7 heteroatoms. The smallest absolute Gasteiger partial charge is 0.295 e. The minimum atomic E-state index is -0.718. The molecule has 1 unspecified atom stereocenters. The van der Waals surface area contributed by atoms with Crippen LogP contribution in [0, 0.1) is 6.92 Å². The second-order valence-corrected chi connectivity index (χ2v) is 10.2. The van der Waals surface area contributed by atoms with Crippen LogP contribution in [-0.4, -0.2) is 59.4 Å². The van der Waals surface area contributed by atoms with E-state index in [1.807, 2.05) is 68.4 Å². The third-order valence-corrected chi connectivity index (χ3v) is 7.45. The van der Waals surface area contributed by atoms with Crippen LogP contribution in [0.1, 0.15) is 55.5 Å². The van der Waals surface area contributed by atoms with E-state index in [1.165, 1.54) is 0 Å². The summed E-state index contributed by atoms with van der Waals surface area (Å²) in [7, 11) is 0. The van der Waals surface area contributed by atoms with Crippen LogP contribution in [0.2, 0.25) is 0 Å². The van der Waals surface area contributed by atoms with Crippen LogP contribution in [0.3, 0.4) is 0 Å². The highest BCUT2D eigenvalue weighted by molar-refractivity contribution is 6.46. The van der Waals surface area contributed by atoms with Gasteiger partial charge in [-0.05, 0) is 73.5 Å². The van der Waals surface area contributed by atoms with E-state index >= 15 is 0 Å². The number of hydrogen-bond acceptors (Lipinski definition) is 6. The molecule has 1 N–H and O–H groups in total. The highest BCUT2D eigenvalue weighted by atomic mass is 16.5. The van der Waals surface area contributed by atoms with Crippen molar-refractivity contribution in [2.24, 2.45) is 0 Å². The summed E-state index contributed by atoms with van der Waals surface area (Å²) in [6, 6.07) is 21.9. The van der Waals surface area contributed by atoms with Gasteiger partial charge in [-0.3, -0.25) is 9.59 Å². The molecule has 7 nitrogen and oxygen atoms in total. The van der Waals surface area contributed by atoms with Gasteiger partial charge in [-0.1, -0.05) is 63.2 Å². The quantitative estimate of drug-likeness (QED) is 0.155. The molecule has 0 aromatic heterocycles. The van der Waals surface area contributed by atoms with Gasteiger partial charge in [0.25, 0.3) is 11.7 Å². The fourth-order valence-electron chi connectivity index (χ4n) is 5.06. The average Bonchev–Trinajstić information content (AvgIpc) is 3.25. The number of hydrogen-bond donors (Lipinski definition) is 1. The Hall–Kier alpha value is -4.10. The standard InChI is InChI=1S/C34H40N2O5/c1-5-21-40-29-18-15-27(22-24(29)4)32(37)30-31(36(34(39)33(30)38)20-19-35(6-2)7-3)26-13-16-28(17-14-26)41-23-25-11-9-8-10-12-25/h8-18,22,31,37H,5-7,19-21,23H2,1-4H3/b32-30+. The average molecular weight is 557 g/mol. The van der Waals surface area contributed by atoms with Crippen molar-refractivity contribution in [1.29, 1.82) is 0 Å². The summed E-state index contributed by atoms with van der Waals surface area (Å²) < 4.78 is 11.7. The van der Waals surface area contributed by atoms with Gasteiger partial charge in [-0.25, -0.2) is 0 Å². The van der Waals surface area contributed by atoms with Gasteiger partial charge in [0.15, 0.2) is 0 Å². The molecule has 1 amide bonds. The number of nitrogens with zero attached hydrogens (tertiary/aromatic N) is 2. The number of benzene rings is 3. The van der Waals surface area contributed by atoms with Gasteiger partial charge in [0.1, 0.15) is 23.9 Å². The fourth-order valence-corrected chi connectivity index (χ4v) is 5.06. The molecular formula is C34H40N2O5. The maximum atomic E-state index is 13.4. The molecule has 1 fully saturated rings. The zero-order valence-corrected chi connectivity index (χ0v) is 24.4. The van der Waals surface area contributed by atoms with Crippen LogP contribution in [0.15, 0.2) is 78.4 Å². The minimum absolute atomic E-state index is 0.0918. The number of Topliss-reactive ketones (excluding diaryl/α,β-unsaturated/α-hetero) is 1. The topological polar surface area (TPSA) is 79.3 Å². The fraction of sp³-hybridized carbons (Fsp3) is 0.353. The van der Waals surface area contributed by atoms with Gasteiger partial charge in [0.2, 0.25) is 0 Å². The number of likely N-dealkylation sites (N-methyl/N-ethyl adjacent to an activating group) is 1. The predicted octanol–water partition coefficient (Wildman–Crippen LogP) is 6.13. The molecule has 3 aromatic rings. The number of ketones is 1. The van der Waals surface area contributed by atoms with Crippen LogP contribution >= 0.6 is 0 Å². The largest absolute Gasteiger partial charge is 0.507 e. The highest BCUT2D eigenvalue weighted by Crippen LogP contribution is 2.40. The zero-order valence-electron chi connectivity index (χ0n) is 24.4. The summed E-state index contributed by atoms with van der Waals surface area (Å²) in [4.78, 5) is 30.6. The zero-order chi connectivity index (χ0) is 29.4. The van der Waals surface area contributed by atoms with Crippen LogP contribution < -0.4 is 9.47 Å². The summed E-state index contributed by atoms with van der Waals surface area (Å²) in [6.07, 6.45) is 0.883. The maximum Gasteiger partial charge on any atom is 0.295 e. The Morgan fingerprint density at radius 1 is 0.927 bits per heavy atom. The Bertz CT molecular complexity index is 1360.